The lowest BCUT2D eigenvalue weighted by atomic mass is 9.81. The van der Waals surface area contributed by atoms with Gasteiger partial charge in [0, 0.05) is 13.1 Å². The van der Waals surface area contributed by atoms with Crippen molar-refractivity contribution in [2.75, 3.05) is 20.2 Å². The van der Waals surface area contributed by atoms with Gasteiger partial charge < -0.3 is 15.0 Å². The van der Waals surface area contributed by atoms with E-state index in [1.165, 1.54) is 18.9 Å². The molecule has 1 N–H and O–H groups in total. The van der Waals surface area contributed by atoms with Gasteiger partial charge in [-0.25, -0.2) is 4.79 Å². The van der Waals surface area contributed by atoms with E-state index in [-0.39, 0.29) is 42.1 Å². The SMILES string of the molecule is C[C@@H](C(=O)OCC(=O)N(C)CC(=O)NC1CC1)N1C(=O)[C@H]2CCCC[C@H]2C1=O. The van der Waals surface area contributed by atoms with Crippen molar-refractivity contribution in [1.82, 2.24) is 15.1 Å². The molecule has 0 radical (unpaired) electrons. The fraction of sp³-hybridized carbons (Fsp3) is 0.737. The van der Waals surface area contributed by atoms with E-state index in [1.807, 2.05) is 0 Å². The third-order valence-electron chi connectivity index (χ3n) is 5.69. The van der Waals surface area contributed by atoms with E-state index in [9.17, 15) is 24.0 Å². The van der Waals surface area contributed by atoms with Crippen LogP contribution in [0.25, 0.3) is 0 Å². The zero-order valence-electron chi connectivity index (χ0n) is 16.3. The van der Waals surface area contributed by atoms with Gasteiger partial charge in [-0.2, -0.15) is 0 Å². The van der Waals surface area contributed by atoms with Crippen LogP contribution in [0.3, 0.4) is 0 Å². The van der Waals surface area contributed by atoms with Gasteiger partial charge in [0.25, 0.3) is 5.91 Å². The minimum Gasteiger partial charge on any atom is -0.454 e. The average Bonchev–Trinajstić information content (AvgIpc) is 3.44. The summed E-state index contributed by atoms with van der Waals surface area (Å²) in [6, 6.07) is -0.865. The van der Waals surface area contributed by atoms with E-state index in [1.54, 1.807) is 0 Å². The highest BCUT2D eigenvalue weighted by Gasteiger charge is 2.51. The average molecular weight is 393 g/mol. The van der Waals surface area contributed by atoms with E-state index in [4.69, 9.17) is 4.74 Å². The van der Waals surface area contributed by atoms with Crippen LogP contribution in [0.5, 0.6) is 0 Å². The van der Waals surface area contributed by atoms with Crippen LogP contribution in [-0.2, 0) is 28.7 Å². The highest BCUT2D eigenvalue weighted by molar-refractivity contribution is 6.07. The Morgan fingerprint density at radius 1 is 1.11 bits per heavy atom. The number of fused-ring (bicyclic) bond motifs is 1. The first-order chi connectivity index (χ1) is 13.3. The number of esters is 1. The summed E-state index contributed by atoms with van der Waals surface area (Å²) >= 11 is 0. The molecular weight excluding hydrogens is 366 g/mol. The maximum atomic E-state index is 12.5. The van der Waals surface area contributed by atoms with Gasteiger partial charge in [-0.3, -0.25) is 24.1 Å². The molecule has 3 atom stereocenters. The number of amides is 4. The van der Waals surface area contributed by atoms with Crippen molar-refractivity contribution in [3.8, 4) is 0 Å². The summed E-state index contributed by atoms with van der Waals surface area (Å²) in [4.78, 5) is 63.4. The molecule has 9 heteroatoms. The van der Waals surface area contributed by atoms with Gasteiger partial charge in [0.2, 0.25) is 17.7 Å². The molecule has 0 unspecified atom stereocenters. The highest BCUT2D eigenvalue weighted by atomic mass is 16.5. The first kappa shape index (κ1) is 20.3. The van der Waals surface area contributed by atoms with Crippen LogP contribution in [0.4, 0.5) is 0 Å². The van der Waals surface area contributed by atoms with Gasteiger partial charge >= 0.3 is 5.97 Å². The zero-order valence-corrected chi connectivity index (χ0v) is 16.3. The van der Waals surface area contributed by atoms with Gasteiger partial charge in [-0.15, -0.1) is 0 Å². The summed E-state index contributed by atoms with van der Waals surface area (Å²) < 4.78 is 5.02. The number of likely N-dealkylation sites (tertiary alicyclic amines) is 1. The standard InChI is InChI=1S/C19H27N3O6/c1-11(22-17(25)13-5-3-4-6-14(13)18(22)26)19(27)28-10-16(24)21(2)9-15(23)20-12-7-8-12/h11-14H,3-10H2,1-2H3,(H,20,23)/t11-,13-,14+/m0/s1. The van der Waals surface area contributed by atoms with E-state index < -0.39 is 24.5 Å². The number of nitrogens with zero attached hydrogens (tertiary/aromatic N) is 2. The Morgan fingerprint density at radius 2 is 1.68 bits per heavy atom. The number of hydrogen-bond donors (Lipinski definition) is 1. The van der Waals surface area contributed by atoms with E-state index in [0.29, 0.717) is 12.8 Å². The molecule has 0 bridgehead atoms. The normalized spacial score (nSPS) is 25.1. The van der Waals surface area contributed by atoms with Crippen molar-refractivity contribution < 1.29 is 28.7 Å². The third kappa shape index (κ3) is 4.34. The number of nitrogens with one attached hydrogen (secondary N) is 1. The molecule has 3 fully saturated rings. The Morgan fingerprint density at radius 3 is 2.21 bits per heavy atom. The Labute approximate surface area is 163 Å². The summed E-state index contributed by atoms with van der Waals surface area (Å²) in [7, 11) is 1.45. The molecule has 9 nitrogen and oxygen atoms in total. The minimum atomic E-state index is -1.07. The topological polar surface area (TPSA) is 113 Å². The van der Waals surface area contributed by atoms with Crippen LogP contribution >= 0.6 is 0 Å². The molecule has 2 aliphatic carbocycles. The number of rotatable bonds is 7. The van der Waals surface area contributed by atoms with Gasteiger partial charge in [-0.1, -0.05) is 12.8 Å². The summed E-state index contributed by atoms with van der Waals surface area (Å²) in [5.41, 5.74) is 0. The second-order valence-corrected chi connectivity index (χ2v) is 7.92. The van der Waals surface area contributed by atoms with Crippen LogP contribution in [0.15, 0.2) is 0 Å². The molecule has 28 heavy (non-hydrogen) atoms. The molecule has 4 amide bonds. The van der Waals surface area contributed by atoms with Crippen LogP contribution in [0.2, 0.25) is 0 Å². The van der Waals surface area contributed by atoms with E-state index in [0.717, 1.165) is 30.6 Å². The molecular formula is C19H27N3O6. The van der Waals surface area contributed by atoms with Gasteiger partial charge in [0.15, 0.2) is 6.61 Å². The molecule has 0 aromatic rings. The van der Waals surface area contributed by atoms with Crippen LogP contribution in [0, 0.1) is 11.8 Å². The quantitative estimate of drug-likeness (QED) is 0.475. The number of carbonyl (C=O) groups excluding carboxylic acids is 5. The monoisotopic (exact) mass is 393 g/mol. The minimum absolute atomic E-state index is 0.116. The summed E-state index contributed by atoms with van der Waals surface area (Å²) in [5, 5.41) is 2.77. The molecule has 1 aliphatic heterocycles. The maximum absolute atomic E-state index is 12.5. The molecule has 3 rings (SSSR count). The Balaban J connectivity index is 1.48. The Hall–Kier alpha value is -2.45. The van der Waals surface area contributed by atoms with Crippen molar-refractivity contribution in [3.63, 3.8) is 0 Å². The molecule has 3 aliphatic rings. The number of imide groups is 1. The van der Waals surface area contributed by atoms with Gasteiger partial charge in [0.1, 0.15) is 6.04 Å². The molecule has 0 spiro atoms. The van der Waals surface area contributed by atoms with Crippen molar-refractivity contribution in [2.24, 2.45) is 11.8 Å². The van der Waals surface area contributed by atoms with E-state index in [2.05, 4.69) is 5.32 Å². The van der Waals surface area contributed by atoms with Crippen LogP contribution in [-0.4, -0.2) is 71.7 Å². The van der Waals surface area contributed by atoms with Crippen molar-refractivity contribution in [2.45, 2.75) is 57.5 Å². The fourth-order valence-electron chi connectivity index (χ4n) is 3.84. The van der Waals surface area contributed by atoms with Crippen LogP contribution < -0.4 is 5.32 Å². The smallest absolute Gasteiger partial charge is 0.329 e. The molecule has 1 heterocycles. The number of hydrogen-bond acceptors (Lipinski definition) is 6. The molecule has 0 aromatic carbocycles. The van der Waals surface area contributed by atoms with Crippen molar-refractivity contribution in [1.29, 1.82) is 0 Å². The Kier molecular flexibility index (Phi) is 6.00. The second kappa shape index (κ2) is 8.28. The highest BCUT2D eigenvalue weighted by Crippen LogP contribution is 2.38. The first-order valence-electron chi connectivity index (χ1n) is 9.86. The second-order valence-electron chi connectivity index (χ2n) is 7.92. The zero-order chi connectivity index (χ0) is 20.4. The summed E-state index contributed by atoms with van der Waals surface area (Å²) in [6.45, 7) is 0.779. The molecule has 2 saturated carbocycles. The van der Waals surface area contributed by atoms with Crippen molar-refractivity contribution in [3.05, 3.63) is 0 Å². The number of carbonyl (C=O) groups is 5. The van der Waals surface area contributed by atoms with Crippen LogP contribution in [0.1, 0.15) is 45.4 Å². The lowest BCUT2D eigenvalue weighted by Gasteiger charge is -2.22. The van der Waals surface area contributed by atoms with Gasteiger partial charge in [-0.05, 0) is 32.6 Å². The fourth-order valence-corrected chi connectivity index (χ4v) is 3.84. The summed E-state index contributed by atoms with van der Waals surface area (Å²) in [5.74, 6) is -2.90. The predicted octanol–water partition coefficient (Wildman–Crippen LogP) is -0.170. The molecule has 1 saturated heterocycles. The number of likely N-dealkylation sites (N-methyl/N-ethyl adjacent to an activating group) is 1. The third-order valence-corrected chi connectivity index (χ3v) is 5.69. The van der Waals surface area contributed by atoms with E-state index >= 15 is 0 Å². The predicted molar refractivity (Wildman–Crippen MR) is 96.5 cm³/mol. The lowest BCUT2D eigenvalue weighted by Crippen LogP contribution is -2.45. The van der Waals surface area contributed by atoms with Crippen molar-refractivity contribution >= 4 is 29.6 Å². The summed E-state index contributed by atoms with van der Waals surface area (Å²) in [6.07, 6.45) is 5.05. The van der Waals surface area contributed by atoms with Gasteiger partial charge in [0.05, 0.1) is 18.4 Å². The lowest BCUT2D eigenvalue weighted by molar-refractivity contribution is -0.161. The largest absolute Gasteiger partial charge is 0.454 e. The maximum Gasteiger partial charge on any atom is 0.329 e. The Bertz CT molecular complexity index is 665. The number of ether oxygens (including phenoxy) is 1. The first-order valence-corrected chi connectivity index (χ1v) is 9.86. The molecule has 0 aromatic heterocycles. The molecule has 154 valence electrons.